The van der Waals surface area contributed by atoms with E-state index in [1.165, 1.54) is 6.92 Å². The Kier molecular flexibility index (Phi) is 9.73. The molecular weight excluding hydrogens is 460 g/mol. The molecule has 2 rings (SSSR count). The highest BCUT2D eigenvalue weighted by atomic mass is 16.4. The van der Waals surface area contributed by atoms with Crippen LogP contribution in [-0.2, 0) is 30.4 Å². The van der Waals surface area contributed by atoms with E-state index in [0.29, 0.717) is 5.56 Å². The first-order chi connectivity index (χ1) is 16.5. The van der Waals surface area contributed by atoms with Gasteiger partial charge in [-0.3, -0.25) is 19.2 Å². The van der Waals surface area contributed by atoms with Gasteiger partial charge in [0.25, 0.3) is 0 Å². The molecule has 190 valence electrons. The predicted octanol–water partition coefficient (Wildman–Crippen LogP) is -2.15. The summed E-state index contributed by atoms with van der Waals surface area (Å²) in [5, 5.41) is 26.8. The summed E-state index contributed by atoms with van der Waals surface area (Å²) in [6.45, 7) is 0.751. The molecule has 0 aliphatic heterocycles. The van der Waals surface area contributed by atoms with E-state index in [4.69, 9.17) is 11.5 Å². The molecule has 0 bridgehead atoms. The zero-order chi connectivity index (χ0) is 26.1. The molecule has 10 N–H and O–H groups in total. The van der Waals surface area contributed by atoms with Gasteiger partial charge in [-0.1, -0.05) is 18.2 Å². The van der Waals surface area contributed by atoms with Crippen molar-refractivity contribution < 1.29 is 34.2 Å². The number of fused-ring (bicyclic) bond motifs is 1. The number of aromatic nitrogens is 1. The summed E-state index contributed by atoms with van der Waals surface area (Å²) >= 11 is 0. The molecule has 4 unspecified atom stereocenters. The third kappa shape index (κ3) is 8.08. The number of H-pyrrole nitrogens is 1. The number of para-hydroxylation sites is 1. The van der Waals surface area contributed by atoms with Crippen LogP contribution in [0.15, 0.2) is 30.5 Å². The minimum absolute atomic E-state index is 0.0329. The number of carbonyl (C=O) groups is 5. The Morgan fingerprint density at radius 3 is 2.37 bits per heavy atom. The number of carboxylic acids is 1. The highest BCUT2D eigenvalue weighted by Crippen LogP contribution is 2.19. The topological polar surface area (TPSA) is 230 Å². The summed E-state index contributed by atoms with van der Waals surface area (Å²) in [7, 11) is 0. The lowest BCUT2D eigenvalue weighted by Crippen LogP contribution is -2.54. The van der Waals surface area contributed by atoms with Crippen LogP contribution in [0.25, 0.3) is 10.9 Å². The average Bonchev–Trinajstić information content (AvgIpc) is 3.21. The number of aliphatic hydroxyl groups is 1. The Hall–Kier alpha value is -3.97. The van der Waals surface area contributed by atoms with Gasteiger partial charge < -0.3 is 42.6 Å². The fourth-order valence-corrected chi connectivity index (χ4v) is 3.30. The summed E-state index contributed by atoms with van der Waals surface area (Å²) in [4.78, 5) is 63.0. The summed E-state index contributed by atoms with van der Waals surface area (Å²) in [6.07, 6.45) is 0.0390. The quantitative estimate of drug-likeness (QED) is 0.154. The molecule has 4 atom stereocenters. The van der Waals surface area contributed by atoms with Gasteiger partial charge in [0.1, 0.15) is 18.1 Å². The van der Waals surface area contributed by atoms with Crippen LogP contribution < -0.4 is 27.4 Å². The number of amides is 4. The van der Waals surface area contributed by atoms with Crippen molar-refractivity contribution in [1.29, 1.82) is 0 Å². The number of carboxylic acid groups (broad SMARTS) is 1. The minimum Gasteiger partial charge on any atom is -0.480 e. The van der Waals surface area contributed by atoms with Gasteiger partial charge in [0.15, 0.2) is 0 Å². The lowest BCUT2D eigenvalue weighted by Gasteiger charge is -2.21. The number of aromatic amines is 1. The second kappa shape index (κ2) is 12.5. The number of aliphatic hydroxyl groups excluding tert-OH is 1. The first-order valence-corrected chi connectivity index (χ1v) is 10.9. The maximum Gasteiger partial charge on any atom is 0.326 e. The first-order valence-electron chi connectivity index (χ1n) is 10.9. The van der Waals surface area contributed by atoms with E-state index in [2.05, 4.69) is 20.9 Å². The molecule has 1 aromatic carbocycles. The summed E-state index contributed by atoms with van der Waals surface area (Å²) in [5.74, 6) is -4.41. The highest BCUT2D eigenvalue weighted by molar-refractivity contribution is 5.93. The first kappa shape index (κ1) is 27.3. The third-order valence-electron chi connectivity index (χ3n) is 5.29. The average molecular weight is 491 g/mol. The number of nitrogens with one attached hydrogen (secondary N) is 4. The van der Waals surface area contributed by atoms with Crippen molar-refractivity contribution in [1.82, 2.24) is 20.9 Å². The zero-order valence-corrected chi connectivity index (χ0v) is 19.1. The van der Waals surface area contributed by atoms with Crippen LogP contribution in [0.5, 0.6) is 0 Å². The monoisotopic (exact) mass is 490 g/mol. The maximum absolute atomic E-state index is 12.8. The predicted molar refractivity (Wildman–Crippen MR) is 125 cm³/mol. The van der Waals surface area contributed by atoms with E-state index in [-0.39, 0.29) is 19.3 Å². The third-order valence-corrected chi connectivity index (χ3v) is 5.29. The van der Waals surface area contributed by atoms with Gasteiger partial charge in [-0.2, -0.15) is 0 Å². The van der Waals surface area contributed by atoms with Gasteiger partial charge in [-0.25, -0.2) is 4.79 Å². The fourth-order valence-electron chi connectivity index (χ4n) is 3.30. The van der Waals surface area contributed by atoms with Crippen molar-refractivity contribution in [3.05, 3.63) is 36.0 Å². The van der Waals surface area contributed by atoms with E-state index in [1.54, 1.807) is 12.3 Å². The van der Waals surface area contributed by atoms with Gasteiger partial charge in [0.05, 0.1) is 12.6 Å². The molecule has 0 aliphatic rings. The van der Waals surface area contributed by atoms with Crippen molar-refractivity contribution in [2.45, 2.75) is 50.4 Å². The number of hydrogen-bond acceptors (Lipinski definition) is 7. The molecule has 0 spiro atoms. The molecule has 2 aromatic rings. The number of hydrogen-bond donors (Lipinski definition) is 8. The Balaban J connectivity index is 2.07. The summed E-state index contributed by atoms with van der Waals surface area (Å²) in [6, 6.07) is 3.41. The van der Waals surface area contributed by atoms with Crippen molar-refractivity contribution >= 4 is 40.5 Å². The van der Waals surface area contributed by atoms with Crippen LogP contribution in [0, 0.1) is 0 Å². The Bertz CT molecular complexity index is 1080. The summed E-state index contributed by atoms with van der Waals surface area (Å²) < 4.78 is 0. The van der Waals surface area contributed by atoms with Gasteiger partial charge in [-0.05, 0) is 25.0 Å². The Labute approximate surface area is 200 Å². The van der Waals surface area contributed by atoms with Crippen LogP contribution in [-0.4, -0.2) is 75.6 Å². The van der Waals surface area contributed by atoms with Crippen molar-refractivity contribution in [2.24, 2.45) is 11.5 Å². The number of rotatable bonds is 13. The molecule has 4 amide bonds. The molecule has 0 saturated heterocycles. The van der Waals surface area contributed by atoms with Gasteiger partial charge >= 0.3 is 5.97 Å². The van der Waals surface area contributed by atoms with Gasteiger partial charge in [0.2, 0.25) is 23.6 Å². The minimum atomic E-state index is -1.32. The van der Waals surface area contributed by atoms with Gasteiger partial charge in [-0.15, -0.1) is 0 Å². The van der Waals surface area contributed by atoms with Crippen LogP contribution in [0.3, 0.4) is 0 Å². The van der Waals surface area contributed by atoms with Crippen molar-refractivity contribution in [2.75, 3.05) is 6.54 Å². The van der Waals surface area contributed by atoms with E-state index in [1.807, 2.05) is 18.2 Å². The number of primary amides is 1. The normalized spacial score (nSPS) is 14.4. The number of nitrogens with two attached hydrogens (primary N) is 2. The van der Waals surface area contributed by atoms with E-state index in [9.17, 15) is 34.2 Å². The van der Waals surface area contributed by atoms with Crippen LogP contribution in [0.1, 0.15) is 25.3 Å². The standard InChI is InChI=1S/C22H30N6O7/c1-11(29)19(24)21(33)26-10-18(31)27-15(6-7-17(23)30)20(32)28-16(22(34)35)8-12-9-25-14-5-3-2-4-13(12)14/h2-5,9,11,15-16,19,25,29H,6-8,10,24H2,1H3,(H2,23,30)(H,26,33)(H,27,31)(H,28,32)(H,34,35). The van der Waals surface area contributed by atoms with Crippen LogP contribution >= 0.6 is 0 Å². The molecular formula is C22H30N6O7. The molecule has 35 heavy (non-hydrogen) atoms. The van der Waals surface area contributed by atoms with Crippen molar-refractivity contribution in [3.8, 4) is 0 Å². The Morgan fingerprint density at radius 1 is 1.06 bits per heavy atom. The van der Waals surface area contributed by atoms with E-state index in [0.717, 1.165) is 10.9 Å². The second-order valence-electron chi connectivity index (χ2n) is 8.07. The highest BCUT2D eigenvalue weighted by Gasteiger charge is 2.28. The molecule has 0 fully saturated rings. The molecule has 0 aliphatic carbocycles. The molecule has 1 aromatic heterocycles. The van der Waals surface area contributed by atoms with E-state index >= 15 is 0 Å². The van der Waals surface area contributed by atoms with Crippen LogP contribution in [0.4, 0.5) is 0 Å². The number of benzene rings is 1. The number of aliphatic carboxylic acids is 1. The lowest BCUT2D eigenvalue weighted by molar-refractivity contribution is -0.142. The van der Waals surface area contributed by atoms with Crippen molar-refractivity contribution in [3.63, 3.8) is 0 Å². The zero-order valence-electron chi connectivity index (χ0n) is 19.1. The lowest BCUT2D eigenvalue weighted by atomic mass is 10.0. The molecule has 13 heteroatoms. The fraction of sp³-hybridized carbons (Fsp3) is 0.409. The molecule has 0 saturated carbocycles. The molecule has 1 heterocycles. The largest absolute Gasteiger partial charge is 0.480 e. The Morgan fingerprint density at radius 2 is 1.74 bits per heavy atom. The second-order valence-corrected chi connectivity index (χ2v) is 8.07. The SMILES string of the molecule is CC(O)C(N)C(=O)NCC(=O)NC(CCC(N)=O)C(=O)NC(Cc1c[nH]c2ccccc12)C(=O)O. The van der Waals surface area contributed by atoms with Gasteiger partial charge in [0, 0.05) is 29.9 Å². The van der Waals surface area contributed by atoms with E-state index < -0.39 is 60.4 Å². The summed E-state index contributed by atoms with van der Waals surface area (Å²) in [5.41, 5.74) is 12.1. The molecule has 0 radical (unpaired) electrons. The maximum atomic E-state index is 12.8. The number of carbonyl (C=O) groups excluding carboxylic acids is 4. The van der Waals surface area contributed by atoms with Crippen LogP contribution in [0.2, 0.25) is 0 Å². The molecule has 13 nitrogen and oxygen atoms in total. The smallest absolute Gasteiger partial charge is 0.326 e.